The third-order valence-electron chi connectivity index (χ3n) is 3.63. The summed E-state index contributed by atoms with van der Waals surface area (Å²) in [6.07, 6.45) is 2.96. The summed E-state index contributed by atoms with van der Waals surface area (Å²) in [4.78, 5) is 0. The Morgan fingerprint density at radius 1 is 1.36 bits per heavy atom. The molecule has 1 N–H and O–H groups in total. The van der Waals surface area contributed by atoms with Crippen molar-refractivity contribution in [3.05, 3.63) is 0 Å². The highest BCUT2D eigenvalue weighted by Crippen LogP contribution is 2.57. The van der Waals surface area contributed by atoms with E-state index >= 15 is 0 Å². The van der Waals surface area contributed by atoms with Crippen molar-refractivity contribution < 1.29 is 0 Å². The lowest BCUT2D eigenvalue weighted by Gasteiger charge is -2.25. The second-order valence-corrected chi connectivity index (χ2v) is 4.80. The highest BCUT2D eigenvalue weighted by atomic mass is 15.0. The van der Waals surface area contributed by atoms with E-state index in [9.17, 15) is 0 Å². The largest absolute Gasteiger partial charge is 0.313 e. The van der Waals surface area contributed by atoms with Crippen LogP contribution in [0.4, 0.5) is 0 Å². The van der Waals surface area contributed by atoms with Crippen LogP contribution in [0.25, 0.3) is 0 Å². The van der Waals surface area contributed by atoms with Crippen LogP contribution < -0.4 is 5.32 Å². The van der Waals surface area contributed by atoms with Gasteiger partial charge in [0.1, 0.15) is 0 Å². The van der Waals surface area contributed by atoms with Gasteiger partial charge in [0.25, 0.3) is 0 Å². The molecular weight excluding hydrogens is 134 g/mol. The highest BCUT2D eigenvalue weighted by molar-refractivity contribution is 5.08. The molecule has 0 aromatic rings. The number of hydrogen-bond donors (Lipinski definition) is 1. The first-order valence-corrected chi connectivity index (χ1v) is 4.89. The average molecular weight is 153 g/mol. The van der Waals surface area contributed by atoms with Crippen LogP contribution in [0.15, 0.2) is 0 Å². The number of nitrogens with one attached hydrogen (secondary N) is 1. The normalized spacial score (nSPS) is 40.4. The Morgan fingerprint density at radius 2 is 2.00 bits per heavy atom. The summed E-state index contributed by atoms with van der Waals surface area (Å²) in [6.45, 7) is 8.37. The van der Waals surface area contributed by atoms with Crippen molar-refractivity contribution in [3.8, 4) is 0 Å². The van der Waals surface area contributed by atoms with Gasteiger partial charge >= 0.3 is 0 Å². The molecule has 2 aliphatic rings. The van der Waals surface area contributed by atoms with Crippen molar-refractivity contribution in [2.45, 2.75) is 39.7 Å². The Labute approximate surface area is 69.6 Å². The quantitative estimate of drug-likeness (QED) is 0.608. The van der Waals surface area contributed by atoms with Gasteiger partial charge in [-0.1, -0.05) is 13.8 Å². The third kappa shape index (κ3) is 1.01. The number of hydrogen-bond acceptors (Lipinski definition) is 1. The minimum atomic E-state index is 0.744. The summed E-state index contributed by atoms with van der Waals surface area (Å²) in [6, 6.07) is 0.762. The molecule has 1 saturated carbocycles. The summed E-state index contributed by atoms with van der Waals surface area (Å²) < 4.78 is 0. The molecular formula is C10H19N. The molecule has 1 aliphatic heterocycles. The molecule has 0 radical (unpaired) electrons. The standard InChI is InChI=1S/C10H19N/c1-7(2)9-8(3)11-6-10(9)4-5-10/h7-9,11H,4-6H2,1-3H3/t8-,9?/m1/s1. The van der Waals surface area contributed by atoms with Crippen LogP contribution in [-0.2, 0) is 0 Å². The van der Waals surface area contributed by atoms with E-state index in [1.807, 2.05) is 0 Å². The SMILES string of the molecule is CC(C)C1[C@@H](C)NCC12CC2. The molecule has 1 saturated heterocycles. The van der Waals surface area contributed by atoms with Crippen LogP contribution in [0.1, 0.15) is 33.6 Å². The second kappa shape index (κ2) is 2.22. The maximum atomic E-state index is 3.60. The monoisotopic (exact) mass is 153 g/mol. The van der Waals surface area contributed by atoms with Gasteiger partial charge in [-0.3, -0.25) is 0 Å². The topological polar surface area (TPSA) is 12.0 Å². The zero-order valence-corrected chi connectivity index (χ0v) is 7.85. The van der Waals surface area contributed by atoms with E-state index in [2.05, 4.69) is 26.1 Å². The first-order chi connectivity index (χ1) is 5.16. The van der Waals surface area contributed by atoms with Crippen LogP contribution in [0.5, 0.6) is 0 Å². The fourth-order valence-corrected chi connectivity index (χ4v) is 3.09. The maximum absolute atomic E-state index is 3.60. The Bertz CT molecular complexity index is 158. The molecule has 0 aromatic heterocycles. The molecule has 2 atom stereocenters. The lowest BCUT2D eigenvalue weighted by Crippen LogP contribution is -2.27. The molecule has 1 heteroatoms. The van der Waals surface area contributed by atoms with E-state index in [1.165, 1.54) is 19.4 Å². The molecule has 1 spiro atoms. The first kappa shape index (κ1) is 7.60. The summed E-state index contributed by atoms with van der Waals surface area (Å²) in [5, 5.41) is 3.60. The fourth-order valence-electron chi connectivity index (χ4n) is 3.09. The predicted molar refractivity (Wildman–Crippen MR) is 47.5 cm³/mol. The lowest BCUT2D eigenvalue weighted by molar-refractivity contribution is 0.264. The van der Waals surface area contributed by atoms with Crippen molar-refractivity contribution in [2.24, 2.45) is 17.3 Å². The second-order valence-electron chi connectivity index (χ2n) is 4.80. The highest BCUT2D eigenvalue weighted by Gasteiger charge is 2.55. The molecule has 1 heterocycles. The average Bonchev–Trinajstić information content (AvgIpc) is 2.56. The molecule has 1 unspecified atom stereocenters. The van der Waals surface area contributed by atoms with Gasteiger partial charge in [0.2, 0.25) is 0 Å². The van der Waals surface area contributed by atoms with Crippen molar-refractivity contribution in [1.82, 2.24) is 5.32 Å². The number of rotatable bonds is 1. The Hall–Kier alpha value is -0.0400. The summed E-state index contributed by atoms with van der Waals surface area (Å²) in [5.41, 5.74) is 0.744. The molecule has 1 nitrogen and oxygen atoms in total. The van der Waals surface area contributed by atoms with Gasteiger partial charge in [-0.15, -0.1) is 0 Å². The van der Waals surface area contributed by atoms with E-state index in [-0.39, 0.29) is 0 Å². The predicted octanol–water partition coefficient (Wildman–Crippen LogP) is 2.03. The van der Waals surface area contributed by atoms with Crippen molar-refractivity contribution in [1.29, 1.82) is 0 Å². The zero-order valence-electron chi connectivity index (χ0n) is 7.85. The summed E-state index contributed by atoms with van der Waals surface area (Å²) in [7, 11) is 0. The molecule has 0 bridgehead atoms. The minimum Gasteiger partial charge on any atom is -0.313 e. The van der Waals surface area contributed by atoms with E-state index < -0.39 is 0 Å². The van der Waals surface area contributed by atoms with Crippen LogP contribution >= 0.6 is 0 Å². The van der Waals surface area contributed by atoms with Gasteiger partial charge in [0, 0.05) is 12.6 Å². The van der Waals surface area contributed by atoms with Crippen LogP contribution in [0.2, 0.25) is 0 Å². The Morgan fingerprint density at radius 3 is 2.36 bits per heavy atom. The molecule has 1 aliphatic carbocycles. The maximum Gasteiger partial charge on any atom is 0.00754 e. The van der Waals surface area contributed by atoms with Gasteiger partial charge in [0.05, 0.1) is 0 Å². The van der Waals surface area contributed by atoms with Crippen LogP contribution in [-0.4, -0.2) is 12.6 Å². The van der Waals surface area contributed by atoms with E-state index in [0.717, 1.165) is 23.3 Å². The molecule has 0 aromatic carbocycles. The van der Waals surface area contributed by atoms with Gasteiger partial charge in [-0.05, 0) is 37.0 Å². The Balaban J connectivity index is 2.13. The van der Waals surface area contributed by atoms with Crippen LogP contribution in [0.3, 0.4) is 0 Å². The van der Waals surface area contributed by atoms with E-state index in [4.69, 9.17) is 0 Å². The van der Waals surface area contributed by atoms with Gasteiger partial charge < -0.3 is 5.32 Å². The lowest BCUT2D eigenvalue weighted by atomic mass is 9.80. The van der Waals surface area contributed by atoms with Crippen molar-refractivity contribution in [2.75, 3.05) is 6.54 Å². The summed E-state index contributed by atoms with van der Waals surface area (Å²) in [5.74, 6) is 1.81. The molecule has 11 heavy (non-hydrogen) atoms. The zero-order chi connectivity index (χ0) is 8.06. The van der Waals surface area contributed by atoms with Gasteiger partial charge in [-0.25, -0.2) is 0 Å². The van der Waals surface area contributed by atoms with Gasteiger partial charge in [-0.2, -0.15) is 0 Å². The fraction of sp³-hybridized carbons (Fsp3) is 1.00. The first-order valence-electron chi connectivity index (χ1n) is 4.89. The van der Waals surface area contributed by atoms with E-state index in [0.29, 0.717) is 0 Å². The molecule has 2 fully saturated rings. The van der Waals surface area contributed by atoms with Crippen molar-refractivity contribution in [3.63, 3.8) is 0 Å². The molecule has 0 amide bonds. The smallest absolute Gasteiger partial charge is 0.00754 e. The van der Waals surface area contributed by atoms with Crippen molar-refractivity contribution >= 4 is 0 Å². The molecule has 64 valence electrons. The third-order valence-corrected chi connectivity index (χ3v) is 3.63. The van der Waals surface area contributed by atoms with Gasteiger partial charge in [0.15, 0.2) is 0 Å². The van der Waals surface area contributed by atoms with Crippen LogP contribution in [0, 0.1) is 17.3 Å². The van der Waals surface area contributed by atoms with E-state index in [1.54, 1.807) is 0 Å². The Kier molecular flexibility index (Phi) is 1.54. The molecule has 2 rings (SSSR count). The minimum absolute atomic E-state index is 0.744. The summed E-state index contributed by atoms with van der Waals surface area (Å²) >= 11 is 0.